The van der Waals surface area contributed by atoms with Gasteiger partial charge < -0.3 is 4.74 Å². The molecule has 0 spiro atoms. The van der Waals surface area contributed by atoms with E-state index in [0.29, 0.717) is 4.88 Å². The summed E-state index contributed by atoms with van der Waals surface area (Å²) < 4.78 is 33.6. The summed E-state index contributed by atoms with van der Waals surface area (Å²) >= 11 is 1.30. The number of benzene rings is 2. The van der Waals surface area contributed by atoms with Crippen LogP contribution in [0.3, 0.4) is 0 Å². The van der Waals surface area contributed by atoms with Gasteiger partial charge in [-0.25, -0.2) is 8.78 Å². The topological polar surface area (TPSA) is 9.23 Å². The van der Waals surface area contributed by atoms with Crippen molar-refractivity contribution in [2.24, 2.45) is 0 Å². The monoisotopic (exact) mass is 302 g/mol. The third-order valence-corrected chi connectivity index (χ3v) is 3.92. The molecule has 0 saturated heterocycles. The van der Waals surface area contributed by atoms with E-state index < -0.39 is 11.6 Å². The summed E-state index contributed by atoms with van der Waals surface area (Å²) in [4.78, 5) is 0.569. The van der Waals surface area contributed by atoms with E-state index in [9.17, 15) is 8.78 Å². The molecule has 3 rings (SSSR count). The van der Waals surface area contributed by atoms with Crippen LogP contribution in [0.2, 0.25) is 0 Å². The zero-order chi connectivity index (χ0) is 14.7. The summed E-state index contributed by atoms with van der Waals surface area (Å²) in [5, 5.41) is 1.79. The molecular formula is C17H12F2OS. The molecule has 4 heteroatoms. The maximum absolute atomic E-state index is 14.1. The molecule has 0 radical (unpaired) electrons. The molecule has 3 aromatic rings. The second-order valence-corrected chi connectivity index (χ2v) is 5.46. The van der Waals surface area contributed by atoms with Crippen LogP contribution in [0.25, 0.3) is 10.4 Å². The number of thiophene rings is 1. The second-order valence-electron chi connectivity index (χ2n) is 4.51. The van der Waals surface area contributed by atoms with Crippen LogP contribution in [0, 0.1) is 11.6 Å². The van der Waals surface area contributed by atoms with Crippen LogP contribution in [0.15, 0.2) is 60.0 Å². The van der Waals surface area contributed by atoms with Crippen LogP contribution in [-0.2, 0) is 6.61 Å². The van der Waals surface area contributed by atoms with Gasteiger partial charge in [0.05, 0.1) is 5.56 Å². The quantitative estimate of drug-likeness (QED) is 0.637. The Morgan fingerprint density at radius 3 is 2.24 bits per heavy atom. The van der Waals surface area contributed by atoms with Crippen LogP contribution in [-0.4, -0.2) is 0 Å². The lowest BCUT2D eigenvalue weighted by molar-refractivity contribution is 0.303. The van der Waals surface area contributed by atoms with Gasteiger partial charge in [0.25, 0.3) is 0 Å². The van der Waals surface area contributed by atoms with Crippen LogP contribution >= 0.6 is 11.3 Å². The maximum atomic E-state index is 14.1. The van der Waals surface area contributed by atoms with E-state index in [4.69, 9.17) is 4.74 Å². The Balaban J connectivity index is 1.82. The number of hydrogen-bond acceptors (Lipinski definition) is 2. The van der Waals surface area contributed by atoms with Crippen LogP contribution in [0.1, 0.15) is 5.56 Å². The first-order chi connectivity index (χ1) is 10.2. The summed E-state index contributed by atoms with van der Waals surface area (Å²) in [5.41, 5.74) is 0.942. The Hall–Kier alpha value is -2.20. The summed E-state index contributed by atoms with van der Waals surface area (Å²) in [5.74, 6) is -1.03. The van der Waals surface area contributed by atoms with Gasteiger partial charge in [-0.2, -0.15) is 0 Å². The van der Waals surface area contributed by atoms with Gasteiger partial charge in [-0.3, -0.25) is 0 Å². The Bertz CT molecular complexity index is 701. The van der Waals surface area contributed by atoms with Crippen molar-refractivity contribution in [1.29, 1.82) is 0 Å². The van der Waals surface area contributed by atoms with Crippen molar-refractivity contribution < 1.29 is 13.5 Å². The molecule has 1 nitrogen and oxygen atoms in total. The molecule has 0 atom stereocenters. The first-order valence-corrected chi connectivity index (χ1v) is 7.31. The average molecular weight is 302 g/mol. The van der Waals surface area contributed by atoms with Gasteiger partial charge in [-0.1, -0.05) is 36.4 Å². The van der Waals surface area contributed by atoms with E-state index in [-0.39, 0.29) is 17.9 Å². The predicted octanol–water partition coefficient (Wildman–Crippen LogP) is 5.27. The summed E-state index contributed by atoms with van der Waals surface area (Å²) in [6.07, 6.45) is 0. The first-order valence-electron chi connectivity index (χ1n) is 6.43. The van der Waals surface area contributed by atoms with Gasteiger partial charge in [0.1, 0.15) is 24.0 Å². The van der Waals surface area contributed by atoms with Crippen molar-refractivity contribution >= 4 is 11.3 Å². The highest BCUT2D eigenvalue weighted by Gasteiger charge is 2.14. The van der Waals surface area contributed by atoms with E-state index in [1.807, 2.05) is 30.3 Å². The fourth-order valence-corrected chi connectivity index (χ4v) is 2.80. The predicted molar refractivity (Wildman–Crippen MR) is 80.4 cm³/mol. The average Bonchev–Trinajstić information content (AvgIpc) is 2.99. The molecule has 1 aromatic heterocycles. The van der Waals surface area contributed by atoms with Crippen molar-refractivity contribution in [1.82, 2.24) is 0 Å². The van der Waals surface area contributed by atoms with Gasteiger partial charge in [-0.15, -0.1) is 11.3 Å². The van der Waals surface area contributed by atoms with Crippen molar-refractivity contribution in [3.63, 3.8) is 0 Å². The van der Waals surface area contributed by atoms with Crippen LogP contribution in [0.4, 0.5) is 8.78 Å². The molecule has 0 bridgehead atoms. The van der Waals surface area contributed by atoms with Crippen molar-refractivity contribution in [2.75, 3.05) is 0 Å². The molecule has 21 heavy (non-hydrogen) atoms. The molecule has 1 heterocycles. The van der Waals surface area contributed by atoms with Crippen molar-refractivity contribution in [3.05, 3.63) is 77.2 Å². The van der Waals surface area contributed by atoms with Crippen LogP contribution < -0.4 is 4.74 Å². The molecule has 106 valence electrons. The molecule has 0 N–H and O–H groups in total. The minimum absolute atomic E-state index is 0.00272. The van der Waals surface area contributed by atoms with E-state index in [0.717, 1.165) is 5.56 Å². The van der Waals surface area contributed by atoms with Gasteiger partial charge in [0.15, 0.2) is 0 Å². The number of rotatable bonds is 4. The maximum Gasteiger partial charge on any atom is 0.138 e. The smallest absolute Gasteiger partial charge is 0.138 e. The first kappa shape index (κ1) is 13.8. The standard InChI is InChI=1S/C17H12F2OS/c18-14-9-13(20-11-12-5-2-1-3-6-12)10-15(19)17(14)16-7-4-8-21-16/h1-10H,11H2. The molecule has 0 aliphatic carbocycles. The fraction of sp³-hybridized carbons (Fsp3) is 0.0588. The normalized spacial score (nSPS) is 10.6. The van der Waals surface area contributed by atoms with Gasteiger partial charge in [0, 0.05) is 17.0 Å². The number of ether oxygens (including phenoxy) is 1. The summed E-state index contributed by atoms with van der Waals surface area (Å²) in [6, 6.07) is 15.4. The molecular weight excluding hydrogens is 290 g/mol. The Morgan fingerprint density at radius 2 is 1.62 bits per heavy atom. The lowest BCUT2D eigenvalue weighted by atomic mass is 10.1. The van der Waals surface area contributed by atoms with E-state index in [1.54, 1.807) is 17.5 Å². The summed E-state index contributed by atoms with van der Waals surface area (Å²) in [7, 11) is 0. The largest absolute Gasteiger partial charge is 0.489 e. The molecule has 0 aliphatic rings. The van der Waals surface area contributed by atoms with Crippen LogP contribution in [0.5, 0.6) is 5.75 Å². The summed E-state index contributed by atoms with van der Waals surface area (Å²) in [6.45, 7) is 0.276. The third-order valence-electron chi connectivity index (χ3n) is 3.03. The highest BCUT2D eigenvalue weighted by molar-refractivity contribution is 7.13. The molecule has 0 amide bonds. The highest BCUT2D eigenvalue weighted by Crippen LogP contribution is 2.32. The van der Waals surface area contributed by atoms with E-state index >= 15 is 0 Å². The SMILES string of the molecule is Fc1cc(OCc2ccccc2)cc(F)c1-c1cccs1. The third kappa shape index (κ3) is 3.11. The van der Waals surface area contributed by atoms with Crippen molar-refractivity contribution in [3.8, 4) is 16.2 Å². The molecule has 0 saturated carbocycles. The minimum atomic E-state index is -0.611. The minimum Gasteiger partial charge on any atom is -0.489 e. The lowest BCUT2D eigenvalue weighted by Crippen LogP contribution is -1.97. The Labute approximate surface area is 125 Å². The van der Waals surface area contributed by atoms with E-state index in [2.05, 4.69) is 0 Å². The fourth-order valence-electron chi connectivity index (χ4n) is 2.03. The molecule has 0 aliphatic heterocycles. The van der Waals surface area contributed by atoms with Gasteiger partial charge in [-0.05, 0) is 17.0 Å². The van der Waals surface area contributed by atoms with Gasteiger partial charge in [0.2, 0.25) is 0 Å². The van der Waals surface area contributed by atoms with Crippen molar-refractivity contribution in [2.45, 2.75) is 6.61 Å². The number of halogens is 2. The molecule has 0 fully saturated rings. The van der Waals surface area contributed by atoms with E-state index in [1.165, 1.54) is 23.5 Å². The number of hydrogen-bond donors (Lipinski definition) is 0. The van der Waals surface area contributed by atoms with Gasteiger partial charge >= 0.3 is 0 Å². The molecule has 2 aromatic carbocycles. The Morgan fingerprint density at radius 1 is 0.905 bits per heavy atom. The highest BCUT2D eigenvalue weighted by atomic mass is 32.1. The molecule has 0 unspecified atom stereocenters. The lowest BCUT2D eigenvalue weighted by Gasteiger charge is -2.09. The second kappa shape index (κ2) is 6.06. The zero-order valence-electron chi connectivity index (χ0n) is 11.1. The Kier molecular flexibility index (Phi) is 3.97. The zero-order valence-corrected chi connectivity index (χ0v) is 11.9.